The van der Waals surface area contributed by atoms with Crippen LogP contribution in [0, 0.1) is 0 Å². The first kappa shape index (κ1) is 18.4. The fraction of sp³-hybridized carbons (Fsp3) is 0.545. The standard InChI is InChI=1S/C22H30N4O/c1-3-27-20-8-6-17(7-9-20)14-26-12-10-21-19(16-26)13-23-22(24-21)18-5-4-11-25(2)15-18/h6-9,13,18H,3-5,10-12,14-16H2,1-2H3. The molecule has 1 fully saturated rings. The number of fused-ring (bicyclic) bond motifs is 1. The summed E-state index contributed by atoms with van der Waals surface area (Å²) < 4.78 is 5.53. The van der Waals surface area contributed by atoms with E-state index in [-0.39, 0.29) is 0 Å². The summed E-state index contributed by atoms with van der Waals surface area (Å²) in [6.07, 6.45) is 5.56. The van der Waals surface area contributed by atoms with Crippen molar-refractivity contribution < 1.29 is 4.74 Å². The van der Waals surface area contributed by atoms with Crippen LogP contribution in [0.25, 0.3) is 0 Å². The van der Waals surface area contributed by atoms with Crippen molar-refractivity contribution in [3.05, 3.63) is 53.1 Å². The van der Waals surface area contributed by atoms with E-state index < -0.39 is 0 Å². The van der Waals surface area contributed by atoms with Crippen molar-refractivity contribution in [1.29, 1.82) is 0 Å². The molecule has 5 heteroatoms. The fourth-order valence-corrected chi connectivity index (χ4v) is 4.21. The van der Waals surface area contributed by atoms with Gasteiger partial charge in [0.25, 0.3) is 0 Å². The van der Waals surface area contributed by atoms with Crippen molar-refractivity contribution in [3.63, 3.8) is 0 Å². The second kappa shape index (κ2) is 8.36. The Hall–Kier alpha value is -1.98. The summed E-state index contributed by atoms with van der Waals surface area (Å²) in [6, 6.07) is 8.46. The minimum Gasteiger partial charge on any atom is -0.494 e. The Morgan fingerprint density at radius 1 is 1.19 bits per heavy atom. The SMILES string of the molecule is CCOc1ccc(CN2CCc3nc(C4CCCN(C)C4)ncc3C2)cc1. The van der Waals surface area contributed by atoms with E-state index in [0.29, 0.717) is 12.5 Å². The number of hydrogen-bond donors (Lipinski definition) is 0. The number of aromatic nitrogens is 2. The van der Waals surface area contributed by atoms with Crippen LogP contribution < -0.4 is 4.74 Å². The number of benzene rings is 1. The molecule has 144 valence electrons. The molecule has 2 aromatic rings. The summed E-state index contributed by atoms with van der Waals surface area (Å²) in [5.74, 6) is 2.50. The predicted molar refractivity (Wildman–Crippen MR) is 107 cm³/mol. The second-order valence-corrected chi connectivity index (χ2v) is 7.84. The number of ether oxygens (including phenoxy) is 1. The van der Waals surface area contributed by atoms with Gasteiger partial charge in [-0.2, -0.15) is 0 Å². The molecule has 0 bridgehead atoms. The van der Waals surface area contributed by atoms with Crippen LogP contribution in [0.2, 0.25) is 0 Å². The molecular weight excluding hydrogens is 336 g/mol. The monoisotopic (exact) mass is 366 g/mol. The van der Waals surface area contributed by atoms with Crippen LogP contribution in [0.15, 0.2) is 30.5 Å². The van der Waals surface area contributed by atoms with Crippen molar-refractivity contribution in [3.8, 4) is 5.75 Å². The molecule has 1 aromatic heterocycles. The summed E-state index contributed by atoms with van der Waals surface area (Å²) in [5.41, 5.74) is 3.88. The molecule has 27 heavy (non-hydrogen) atoms. The zero-order valence-corrected chi connectivity index (χ0v) is 16.5. The number of rotatable bonds is 5. The zero-order valence-electron chi connectivity index (χ0n) is 16.5. The van der Waals surface area contributed by atoms with E-state index in [1.807, 2.05) is 6.92 Å². The Balaban J connectivity index is 1.39. The van der Waals surface area contributed by atoms with E-state index in [0.717, 1.165) is 44.2 Å². The summed E-state index contributed by atoms with van der Waals surface area (Å²) >= 11 is 0. The van der Waals surface area contributed by atoms with Crippen LogP contribution in [0.5, 0.6) is 5.75 Å². The van der Waals surface area contributed by atoms with Crippen molar-refractivity contribution in [2.24, 2.45) is 0 Å². The van der Waals surface area contributed by atoms with Crippen molar-refractivity contribution in [2.45, 2.75) is 45.2 Å². The molecule has 0 amide bonds. The van der Waals surface area contributed by atoms with Gasteiger partial charge in [0.15, 0.2) is 0 Å². The van der Waals surface area contributed by atoms with Crippen molar-refractivity contribution >= 4 is 0 Å². The average molecular weight is 367 g/mol. The summed E-state index contributed by atoms with van der Waals surface area (Å²) in [4.78, 5) is 14.6. The van der Waals surface area contributed by atoms with Gasteiger partial charge < -0.3 is 9.64 Å². The van der Waals surface area contributed by atoms with Gasteiger partial charge in [-0.1, -0.05) is 12.1 Å². The van der Waals surface area contributed by atoms with Gasteiger partial charge in [0, 0.05) is 56.0 Å². The Labute approximate surface area is 162 Å². The third-order valence-corrected chi connectivity index (χ3v) is 5.66. The first-order chi connectivity index (χ1) is 13.2. The molecule has 0 radical (unpaired) electrons. The quantitative estimate of drug-likeness (QED) is 0.813. The van der Waals surface area contributed by atoms with Gasteiger partial charge in [-0.05, 0) is 51.1 Å². The number of piperidine rings is 1. The summed E-state index contributed by atoms with van der Waals surface area (Å²) in [7, 11) is 2.20. The number of likely N-dealkylation sites (N-methyl/N-ethyl adjacent to an activating group) is 1. The topological polar surface area (TPSA) is 41.5 Å². The second-order valence-electron chi connectivity index (χ2n) is 7.84. The molecule has 1 atom stereocenters. The summed E-state index contributed by atoms with van der Waals surface area (Å²) in [6.45, 7) is 7.96. The Morgan fingerprint density at radius 2 is 2.04 bits per heavy atom. The lowest BCUT2D eigenvalue weighted by atomic mass is 9.97. The highest BCUT2D eigenvalue weighted by Crippen LogP contribution is 2.26. The van der Waals surface area contributed by atoms with Crippen LogP contribution in [-0.4, -0.2) is 53.1 Å². The van der Waals surface area contributed by atoms with Crippen LogP contribution in [0.1, 0.15) is 48.3 Å². The smallest absolute Gasteiger partial charge is 0.132 e. The molecule has 0 saturated carbocycles. The predicted octanol–water partition coefficient (Wildman–Crippen LogP) is 3.24. The molecule has 0 N–H and O–H groups in total. The largest absolute Gasteiger partial charge is 0.494 e. The first-order valence-corrected chi connectivity index (χ1v) is 10.2. The van der Waals surface area contributed by atoms with Crippen molar-refractivity contribution in [2.75, 3.05) is 33.3 Å². The van der Waals surface area contributed by atoms with Gasteiger partial charge >= 0.3 is 0 Å². The van der Waals surface area contributed by atoms with Gasteiger partial charge in [-0.15, -0.1) is 0 Å². The molecule has 3 heterocycles. The molecule has 2 aliphatic rings. The van der Waals surface area contributed by atoms with Crippen LogP contribution in [0.4, 0.5) is 0 Å². The molecule has 1 aromatic carbocycles. The van der Waals surface area contributed by atoms with Gasteiger partial charge in [-0.3, -0.25) is 4.90 Å². The van der Waals surface area contributed by atoms with Gasteiger partial charge in [-0.25, -0.2) is 9.97 Å². The van der Waals surface area contributed by atoms with E-state index in [2.05, 4.69) is 47.3 Å². The Bertz CT molecular complexity index is 761. The maximum absolute atomic E-state index is 5.53. The maximum Gasteiger partial charge on any atom is 0.132 e. The normalized spacial score (nSPS) is 21.0. The molecule has 1 unspecified atom stereocenters. The number of likely N-dealkylation sites (tertiary alicyclic amines) is 1. The minimum atomic E-state index is 0.496. The molecular formula is C22H30N4O. The Kier molecular flexibility index (Phi) is 5.69. The molecule has 0 aliphatic carbocycles. The van der Waals surface area contributed by atoms with Crippen LogP contribution in [-0.2, 0) is 19.5 Å². The van der Waals surface area contributed by atoms with E-state index in [9.17, 15) is 0 Å². The molecule has 0 spiro atoms. The molecule has 1 saturated heterocycles. The summed E-state index contributed by atoms with van der Waals surface area (Å²) in [5, 5.41) is 0. The first-order valence-electron chi connectivity index (χ1n) is 10.2. The van der Waals surface area contributed by atoms with E-state index in [1.165, 1.54) is 36.2 Å². The third kappa shape index (κ3) is 4.47. The zero-order chi connectivity index (χ0) is 18.6. The highest BCUT2D eigenvalue weighted by molar-refractivity contribution is 5.28. The fourth-order valence-electron chi connectivity index (χ4n) is 4.21. The highest BCUT2D eigenvalue weighted by Gasteiger charge is 2.24. The highest BCUT2D eigenvalue weighted by atomic mass is 16.5. The van der Waals surface area contributed by atoms with Crippen LogP contribution in [0.3, 0.4) is 0 Å². The molecule has 2 aliphatic heterocycles. The number of nitrogens with zero attached hydrogens (tertiary/aromatic N) is 4. The third-order valence-electron chi connectivity index (χ3n) is 5.66. The van der Waals surface area contributed by atoms with E-state index >= 15 is 0 Å². The Morgan fingerprint density at radius 3 is 2.81 bits per heavy atom. The lowest BCUT2D eigenvalue weighted by Crippen LogP contribution is -2.33. The molecule has 4 rings (SSSR count). The van der Waals surface area contributed by atoms with Crippen LogP contribution >= 0.6 is 0 Å². The van der Waals surface area contributed by atoms with E-state index in [1.54, 1.807) is 0 Å². The van der Waals surface area contributed by atoms with E-state index in [4.69, 9.17) is 14.7 Å². The number of hydrogen-bond acceptors (Lipinski definition) is 5. The van der Waals surface area contributed by atoms with Gasteiger partial charge in [0.05, 0.1) is 6.61 Å². The lowest BCUT2D eigenvalue weighted by Gasteiger charge is -2.31. The van der Waals surface area contributed by atoms with Gasteiger partial charge in [0.1, 0.15) is 11.6 Å². The lowest BCUT2D eigenvalue weighted by molar-refractivity contribution is 0.236. The maximum atomic E-state index is 5.53. The molecule has 5 nitrogen and oxygen atoms in total. The van der Waals surface area contributed by atoms with Gasteiger partial charge in [0.2, 0.25) is 0 Å². The van der Waals surface area contributed by atoms with Crippen molar-refractivity contribution in [1.82, 2.24) is 19.8 Å². The minimum absolute atomic E-state index is 0.496. The average Bonchev–Trinajstić information content (AvgIpc) is 2.69.